The Morgan fingerprint density at radius 2 is 0.911 bits per heavy atom. The first-order chi connectivity index (χ1) is 27.6. The zero-order valence-corrected chi connectivity index (χ0v) is 31.7. The number of rotatable bonds is 7. The van der Waals surface area contributed by atoms with Crippen molar-refractivity contribution in [2.45, 2.75) is 32.2 Å². The highest BCUT2D eigenvalue weighted by Crippen LogP contribution is 2.44. The molecule has 0 N–H and O–H groups in total. The molecule has 11 rings (SSSR count). The molecule has 3 heterocycles. The first-order valence-electron chi connectivity index (χ1n) is 19.8. The Morgan fingerprint density at radius 3 is 1.48 bits per heavy atom. The van der Waals surface area contributed by atoms with Crippen molar-refractivity contribution in [2.75, 3.05) is 0 Å². The van der Waals surface area contributed by atoms with Crippen LogP contribution in [0.2, 0.25) is 0 Å². The van der Waals surface area contributed by atoms with Crippen LogP contribution < -0.4 is 0 Å². The molecule has 0 aliphatic rings. The van der Waals surface area contributed by atoms with Crippen LogP contribution in [-0.2, 0) is 12.0 Å². The average molecular weight is 720 g/mol. The van der Waals surface area contributed by atoms with E-state index < -0.39 is 0 Å². The van der Waals surface area contributed by atoms with Gasteiger partial charge in [0.25, 0.3) is 0 Å². The average Bonchev–Trinajstić information content (AvgIpc) is 3.90. The summed E-state index contributed by atoms with van der Waals surface area (Å²) >= 11 is 0. The second kappa shape index (κ2) is 12.6. The molecule has 0 radical (unpaired) electrons. The van der Waals surface area contributed by atoms with E-state index in [0.29, 0.717) is 0 Å². The summed E-state index contributed by atoms with van der Waals surface area (Å²) in [6, 6.07) is 69.3. The van der Waals surface area contributed by atoms with Crippen molar-refractivity contribution in [3.8, 4) is 22.5 Å². The third-order valence-electron chi connectivity index (χ3n) is 12.4. The smallest absolute Gasteiger partial charge is 0.0562 e. The fourth-order valence-electron chi connectivity index (χ4n) is 9.57. The predicted octanol–water partition coefficient (Wildman–Crippen LogP) is 14.0. The Hall–Kier alpha value is -6.84. The van der Waals surface area contributed by atoms with Gasteiger partial charge in [0, 0.05) is 43.5 Å². The molecule has 0 aliphatic carbocycles. The number of nitrogens with zero attached hydrogens (tertiary/aromatic N) is 3. The minimum Gasteiger partial charge on any atom is -0.334 e. The second-order valence-corrected chi connectivity index (χ2v) is 15.5. The van der Waals surface area contributed by atoms with Crippen LogP contribution in [0.5, 0.6) is 0 Å². The number of aromatic nitrogens is 3. The Kier molecular flexibility index (Phi) is 7.34. The molecule has 3 heteroatoms. The van der Waals surface area contributed by atoms with Gasteiger partial charge in [-0.25, -0.2) is 0 Å². The largest absolute Gasteiger partial charge is 0.334 e. The predicted molar refractivity (Wildman–Crippen MR) is 238 cm³/mol. The monoisotopic (exact) mass is 719 g/mol. The van der Waals surface area contributed by atoms with Gasteiger partial charge < -0.3 is 13.7 Å². The van der Waals surface area contributed by atoms with E-state index in [0.717, 1.165) is 12.8 Å². The molecular weight excluding hydrogens is 679 g/mol. The van der Waals surface area contributed by atoms with E-state index in [4.69, 9.17) is 0 Å². The molecular formula is C53H41N3. The maximum absolute atomic E-state index is 2.68. The summed E-state index contributed by atoms with van der Waals surface area (Å²) in [4.78, 5) is 0. The summed E-state index contributed by atoms with van der Waals surface area (Å²) in [6.07, 6.45) is 1.86. The molecule has 8 aromatic carbocycles. The van der Waals surface area contributed by atoms with Gasteiger partial charge in [-0.1, -0.05) is 146 Å². The van der Waals surface area contributed by atoms with Crippen molar-refractivity contribution in [1.82, 2.24) is 13.7 Å². The van der Waals surface area contributed by atoms with Crippen LogP contribution in [0.4, 0.5) is 0 Å². The van der Waals surface area contributed by atoms with Crippen LogP contribution in [0.1, 0.15) is 25.8 Å². The van der Waals surface area contributed by atoms with Crippen LogP contribution >= 0.6 is 0 Å². The molecule has 0 saturated carbocycles. The Morgan fingerprint density at radius 1 is 0.411 bits per heavy atom. The molecule has 56 heavy (non-hydrogen) atoms. The van der Waals surface area contributed by atoms with Crippen LogP contribution in [0.15, 0.2) is 188 Å². The number of hydrogen-bond donors (Lipinski definition) is 0. The lowest BCUT2D eigenvalue weighted by Crippen LogP contribution is -2.31. The highest BCUT2D eigenvalue weighted by Gasteiger charge is 2.31. The van der Waals surface area contributed by atoms with Gasteiger partial charge in [-0.05, 0) is 85.0 Å². The standard InChI is InChI=1S/C53H41N3/c1-3-53(2,35-36-28-30-38(31-29-36)37-16-5-4-6-17-37)56-50-27-15-26-49(55-47-24-13-9-20-42(47)43-21-10-14-25-48(43)55)52(50)44-33-32-39(34-51(44)56)54-45-22-11-7-18-40(45)41-19-8-12-23-46(41)54/h4-34H,3,35H2,1-2H3. The van der Waals surface area contributed by atoms with E-state index in [1.807, 2.05) is 0 Å². The summed E-state index contributed by atoms with van der Waals surface area (Å²) in [6.45, 7) is 4.81. The molecule has 268 valence electrons. The maximum Gasteiger partial charge on any atom is 0.0562 e. The quantitative estimate of drug-likeness (QED) is 0.156. The van der Waals surface area contributed by atoms with Gasteiger partial charge >= 0.3 is 0 Å². The summed E-state index contributed by atoms with van der Waals surface area (Å²) in [5.41, 5.74) is 13.4. The normalized spacial score (nSPS) is 13.1. The van der Waals surface area contributed by atoms with Crippen molar-refractivity contribution in [3.63, 3.8) is 0 Å². The van der Waals surface area contributed by atoms with Gasteiger partial charge in [0.1, 0.15) is 0 Å². The molecule has 1 unspecified atom stereocenters. The number of para-hydroxylation sites is 4. The SMILES string of the molecule is CCC(C)(Cc1ccc(-c2ccccc2)cc1)n1c2cc(-n3c4ccccc4c4ccccc43)ccc2c2c(-n3c4ccccc4c4ccccc43)cccc21. The van der Waals surface area contributed by atoms with Crippen molar-refractivity contribution < 1.29 is 0 Å². The van der Waals surface area contributed by atoms with E-state index in [1.54, 1.807) is 0 Å². The van der Waals surface area contributed by atoms with E-state index in [2.05, 4.69) is 216 Å². The molecule has 11 aromatic rings. The first-order valence-corrected chi connectivity index (χ1v) is 19.8. The highest BCUT2D eigenvalue weighted by atomic mass is 15.1. The second-order valence-electron chi connectivity index (χ2n) is 15.5. The Labute approximate surface area is 326 Å². The van der Waals surface area contributed by atoms with Crippen molar-refractivity contribution in [1.29, 1.82) is 0 Å². The zero-order valence-electron chi connectivity index (χ0n) is 31.7. The fraction of sp³-hybridized carbons (Fsp3) is 0.0943. The molecule has 0 amide bonds. The summed E-state index contributed by atoms with van der Waals surface area (Å²) in [7, 11) is 0. The molecule has 0 saturated heterocycles. The Balaban J connectivity index is 1.19. The van der Waals surface area contributed by atoms with Gasteiger partial charge in [0.05, 0.1) is 38.8 Å². The molecule has 0 spiro atoms. The van der Waals surface area contributed by atoms with E-state index >= 15 is 0 Å². The minimum atomic E-state index is -0.229. The van der Waals surface area contributed by atoms with Gasteiger partial charge in [0.15, 0.2) is 0 Å². The van der Waals surface area contributed by atoms with Crippen LogP contribution in [0.25, 0.3) is 87.9 Å². The lowest BCUT2D eigenvalue weighted by atomic mass is 9.88. The summed E-state index contributed by atoms with van der Waals surface area (Å²) in [5, 5.41) is 7.64. The first kappa shape index (κ1) is 32.6. The van der Waals surface area contributed by atoms with Crippen LogP contribution in [0.3, 0.4) is 0 Å². The van der Waals surface area contributed by atoms with Crippen molar-refractivity contribution in [3.05, 3.63) is 194 Å². The number of fused-ring (bicyclic) bond motifs is 9. The highest BCUT2D eigenvalue weighted by molar-refractivity contribution is 6.16. The number of hydrogen-bond acceptors (Lipinski definition) is 0. The lowest BCUT2D eigenvalue weighted by Gasteiger charge is -2.33. The van der Waals surface area contributed by atoms with Crippen molar-refractivity contribution >= 4 is 65.4 Å². The molecule has 0 bridgehead atoms. The molecule has 3 nitrogen and oxygen atoms in total. The molecule has 0 fully saturated rings. The minimum absolute atomic E-state index is 0.229. The Bertz CT molecular complexity index is 3160. The topological polar surface area (TPSA) is 14.8 Å². The van der Waals surface area contributed by atoms with E-state index in [9.17, 15) is 0 Å². The third-order valence-corrected chi connectivity index (χ3v) is 12.4. The molecule has 0 aliphatic heterocycles. The van der Waals surface area contributed by atoms with Gasteiger partial charge in [0.2, 0.25) is 0 Å². The van der Waals surface area contributed by atoms with E-state index in [-0.39, 0.29) is 5.54 Å². The van der Waals surface area contributed by atoms with E-state index in [1.165, 1.54) is 93.5 Å². The van der Waals surface area contributed by atoms with Crippen LogP contribution in [-0.4, -0.2) is 13.7 Å². The van der Waals surface area contributed by atoms with Crippen molar-refractivity contribution in [2.24, 2.45) is 0 Å². The number of benzene rings is 8. The lowest BCUT2D eigenvalue weighted by molar-refractivity contribution is 0.322. The summed E-state index contributed by atoms with van der Waals surface area (Å²) in [5.74, 6) is 0. The fourth-order valence-corrected chi connectivity index (χ4v) is 9.57. The van der Waals surface area contributed by atoms with Gasteiger partial charge in [-0.3, -0.25) is 0 Å². The van der Waals surface area contributed by atoms with Crippen LogP contribution in [0, 0.1) is 0 Å². The maximum atomic E-state index is 2.68. The molecule has 3 aromatic heterocycles. The molecule has 1 atom stereocenters. The zero-order chi connectivity index (χ0) is 37.4. The van der Waals surface area contributed by atoms with Gasteiger partial charge in [-0.15, -0.1) is 0 Å². The summed E-state index contributed by atoms with van der Waals surface area (Å²) < 4.78 is 7.62. The third kappa shape index (κ3) is 4.84. The van der Waals surface area contributed by atoms with Gasteiger partial charge in [-0.2, -0.15) is 0 Å².